The molecule has 9 atom stereocenters. The third-order valence-electron chi connectivity index (χ3n) is 14.6. The average molecular weight is 627 g/mol. The smallest absolute Gasteiger partial charge is 0.316 e. The molecule has 5 aliphatic rings. The molecule has 0 N–H and O–H groups in total. The van der Waals surface area contributed by atoms with Crippen molar-refractivity contribution >= 4 is 17.9 Å². The summed E-state index contributed by atoms with van der Waals surface area (Å²) in [6.07, 6.45) is 12.6. The van der Waals surface area contributed by atoms with Crippen molar-refractivity contribution in [3.05, 3.63) is 11.6 Å². The topological polar surface area (TPSA) is 78.9 Å². The largest absolute Gasteiger partial charge is 0.468 e. The van der Waals surface area contributed by atoms with Crippen LogP contribution in [0.15, 0.2) is 11.6 Å². The highest BCUT2D eigenvalue weighted by Crippen LogP contribution is 2.76. The first-order chi connectivity index (χ1) is 21.0. The fraction of sp³-hybridized carbons (Fsp3) is 0.872. The number of rotatable bonds is 7. The molecule has 0 radical (unpaired) electrons. The summed E-state index contributed by atoms with van der Waals surface area (Å²) in [6, 6.07) is 0. The maximum atomic E-state index is 14.0. The molecule has 4 fully saturated rings. The van der Waals surface area contributed by atoms with Gasteiger partial charge < -0.3 is 14.2 Å². The van der Waals surface area contributed by atoms with E-state index in [4.69, 9.17) is 14.2 Å². The number of allylic oxidation sites excluding steroid dienone is 2. The molecular weight excluding hydrogens is 564 g/mol. The zero-order chi connectivity index (χ0) is 33.2. The van der Waals surface area contributed by atoms with Gasteiger partial charge in [0.15, 0.2) is 0 Å². The molecule has 5 aliphatic carbocycles. The highest BCUT2D eigenvalue weighted by Gasteiger charge is 2.72. The maximum Gasteiger partial charge on any atom is 0.316 e. The Hall–Kier alpha value is -1.85. The maximum absolute atomic E-state index is 14.0. The van der Waals surface area contributed by atoms with E-state index >= 15 is 0 Å². The molecule has 5 rings (SSSR count). The van der Waals surface area contributed by atoms with Crippen molar-refractivity contribution in [1.29, 1.82) is 0 Å². The van der Waals surface area contributed by atoms with Crippen LogP contribution in [0.2, 0.25) is 0 Å². The Bertz CT molecular complexity index is 1220. The molecule has 0 aromatic heterocycles. The summed E-state index contributed by atoms with van der Waals surface area (Å²) < 4.78 is 18.2. The second-order valence-electron chi connectivity index (χ2n) is 17.8. The molecule has 254 valence electrons. The molecule has 0 bridgehead atoms. The van der Waals surface area contributed by atoms with Gasteiger partial charge in [0.05, 0.1) is 7.11 Å². The highest BCUT2D eigenvalue weighted by atomic mass is 16.6. The summed E-state index contributed by atoms with van der Waals surface area (Å²) in [7, 11) is 1.50. The third-order valence-corrected chi connectivity index (χ3v) is 14.6. The summed E-state index contributed by atoms with van der Waals surface area (Å²) in [5, 5.41) is 0. The molecule has 0 aliphatic heterocycles. The van der Waals surface area contributed by atoms with Gasteiger partial charge >= 0.3 is 17.9 Å². The number of carbonyl (C=O) groups excluding carboxylic acids is 3. The Labute approximate surface area is 273 Å². The second-order valence-corrected chi connectivity index (χ2v) is 17.8. The van der Waals surface area contributed by atoms with Crippen molar-refractivity contribution < 1.29 is 28.6 Å². The Balaban J connectivity index is 1.58. The van der Waals surface area contributed by atoms with E-state index in [9.17, 15) is 14.4 Å². The minimum Gasteiger partial charge on any atom is -0.468 e. The first-order valence-electron chi connectivity index (χ1n) is 18.1. The van der Waals surface area contributed by atoms with Gasteiger partial charge in [-0.25, -0.2) is 0 Å². The molecule has 6 nitrogen and oxygen atoms in total. The summed E-state index contributed by atoms with van der Waals surface area (Å²) in [6.45, 7) is 20.9. The Morgan fingerprint density at radius 2 is 1.40 bits per heavy atom. The van der Waals surface area contributed by atoms with Crippen LogP contribution in [-0.4, -0.2) is 37.2 Å². The molecule has 45 heavy (non-hydrogen) atoms. The number of carbonyl (C=O) groups is 3. The molecule has 0 aromatic carbocycles. The van der Waals surface area contributed by atoms with E-state index in [1.807, 2.05) is 13.8 Å². The lowest BCUT2D eigenvalue weighted by Crippen LogP contribution is -2.68. The van der Waals surface area contributed by atoms with Crippen molar-refractivity contribution in [2.45, 2.75) is 158 Å². The van der Waals surface area contributed by atoms with Crippen LogP contribution in [0.5, 0.6) is 0 Å². The Morgan fingerprint density at radius 3 is 2.00 bits per heavy atom. The van der Waals surface area contributed by atoms with Gasteiger partial charge in [-0.3, -0.25) is 14.4 Å². The lowest BCUT2D eigenvalue weighted by molar-refractivity contribution is -0.227. The quantitative estimate of drug-likeness (QED) is 0.159. The van der Waals surface area contributed by atoms with E-state index < -0.39 is 11.5 Å². The summed E-state index contributed by atoms with van der Waals surface area (Å²) in [5.41, 5.74) is 0.400. The Kier molecular flexibility index (Phi) is 8.96. The van der Waals surface area contributed by atoms with Crippen molar-refractivity contribution in [3.8, 4) is 0 Å². The predicted molar refractivity (Wildman–Crippen MR) is 176 cm³/mol. The monoisotopic (exact) mass is 626 g/mol. The lowest BCUT2D eigenvalue weighted by atomic mass is 9.33. The standard InChI is InChI=1S/C39H62O6/c1-11-13-31(40)44-29-18-19-36(7)27(35(29,5)6)17-20-37(8)28(36)16-15-25-26-23-34(3,4)21-22-39(26,33(42)43-10)30(24-38(25,37)9)45-32(41)14-12-2/h15,26-30H,11-14,16-24H2,1-10H3/t26-,27-,28+,29-,30+,36-,37+,38+,39+/m0/s1. The van der Waals surface area contributed by atoms with Crippen LogP contribution >= 0.6 is 0 Å². The van der Waals surface area contributed by atoms with Crippen molar-refractivity contribution in [2.75, 3.05) is 7.11 Å². The molecule has 0 spiro atoms. The third kappa shape index (κ3) is 5.12. The zero-order valence-electron chi connectivity index (χ0n) is 30.1. The molecule has 4 saturated carbocycles. The van der Waals surface area contributed by atoms with E-state index in [-0.39, 0.29) is 57.0 Å². The van der Waals surface area contributed by atoms with Crippen molar-refractivity contribution in [1.82, 2.24) is 0 Å². The summed E-state index contributed by atoms with van der Waals surface area (Å²) in [5.74, 6) is 0.406. The molecule has 0 unspecified atom stereocenters. The molecule has 6 heteroatoms. The van der Waals surface area contributed by atoms with Crippen LogP contribution in [0, 0.1) is 50.2 Å². The molecule has 0 heterocycles. The van der Waals surface area contributed by atoms with Gasteiger partial charge in [-0.2, -0.15) is 0 Å². The first-order valence-corrected chi connectivity index (χ1v) is 18.1. The van der Waals surface area contributed by atoms with Crippen LogP contribution < -0.4 is 0 Å². The SMILES string of the molecule is CCCC(=O)O[C@H]1CC[C@]2(C)[C@H]3CC=C4[C@@H]5CC(C)(C)CC[C@]5(C(=O)OC)[C@H](OC(=O)CCC)C[C@@]4(C)[C@]3(C)CC[C@H]2C1(C)C. The van der Waals surface area contributed by atoms with E-state index in [0.29, 0.717) is 37.5 Å². The predicted octanol–water partition coefficient (Wildman–Crippen LogP) is 8.99. The average Bonchev–Trinajstić information content (AvgIpc) is 2.94. The molecule has 0 aromatic rings. The van der Waals surface area contributed by atoms with Crippen LogP contribution in [0.4, 0.5) is 0 Å². The minimum atomic E-state index is -0.842. The van der Waals surface area contributed by atoms with Crippen LogP contribution in [-0.2, 0) is 28.6 Å². The first kappa shape index (κ1) is 34.5. The van der Waals surface area contributed by atoms with Gasteiger partial charge in [0.2, 0.25) is 0 Å². The fourth-order valence-electron chi connectivity index (χ4n) is 12.0. The number of ether oxygens (including phenoxy) is 3. The van der Waals surface area contributed by atoms with Gasteiger partial charge in [0, 0.05) is 24.2 Å². The second kappa shape index (κ2) is 11.7. The lowest BCUT2D eigenvalue weighted by Gasteiger charge is -2.71. The summed E-state index contributed by atoms with van der Waals surface area (Å²) >= 11 is 0. The zero-order valence-corrected chi connectivity index (χ0v) is 30.1. The van der Waals surface area contributed by atoms with E-state index in [0.717, 1.165) is 57.8 Å². The number of methoxy groups -OCH3 is 1. The highest BCUT2D eigenvalue weighted by molar-refractivity contribution is 5.80. The van der Waals surface area contributed by atoms with Crippen molar-refractivity contribution in [3.63, 3.8) is 0 Å². The van der Waals surface area contributed by atoms with Gasteiger partial charge in [-0.1, -0.05) is 74.0 Å². The van der Waals surface area contributed by atoms with Gasteiger partial charge in [0.1, 0.15) is 17.6 Å². The normalized spacial score (nSPS) is 42.9. The number of hydrogen-bond donors (Lipinski definition) is 0. The Morgan fingerprint density at radius 1 is 0.778 bits per heavy atom. The fourth-order valence-corrected chi connectivity index (χ4v) is 12.0. The number of fused-ring (bicyclic) bond motifs is 7. The van der Waals surface area contributed by atoms with Gasteiger partial charge in [0.25, 0.3) is 0 Å². The van der Waals surface area contributed by atoms with Gasteiger partial charge in [-0.15, -0.1) is 0 Å². The van der Waals surface area contributed by atoms with Crippen LogP contribution in [0.25, 0.3) is 0 Å². The van der Waals surface area contributed by atoms with E-state index in [1.165, 1.54) is 12.7 Å². The summed E-state index contributed by atoms with van der Waals surface area (Å²) in [4.78, 5) is 39.9. The van der Waals surface area contributed by atoms with Gasteiger partial charge in [-0.05, 0) is 104 Å². The number of hydrogen-bond acceptors (Lipinski definition) is 6. The van der Waals surface area contributed by atoms with Crippen molar-refractivity contribution in [2.24, 2.45) is 50.2 Å². The van der Waals surface area contributed by atoms with Crippen LogP contribution in [0.3, 0.4) is 0 Å². The van der Waals surface area contributed by atoms with E-state index in [1.54, 1.807) is 0 Å². The molecular formula is C39H62O6. The van der Waals surface area contributed by atoms with Crippen LogP contribution in [0.1, 0.15) is 146 Å². The molecule has 0 saturated heterocycles. The minimum absolute atomic E-state index is 0.0136. The number of esters is 3. The molecule has 0 amide bonds. The van der Waals surface area contributed by atoms with E-state index in [2.05, 4.69) is 54.5 Å².